The summed E-state index contributed by atoms with van der Waals surface area (Å²) in [5, 5.41) is 36.8. The Labute approximate surface area is 157 Å². The molecule has 0 bridgehead atoms. The van der Waals surface area contributed by atoms with Crippen LogP contribution in [0.25, 0.3) is 0 Å². The van der Waals surface area contributed by atoms with E-state index in [1.165, 1.54) is 4.90 Å². The van der Waals surface area contributed by atoms with E-state index in [9.17, 15) is 34.5 Å². The first-order valence-corrected chi connectivity index (χ1v) is 8.77. The smallest absolute Gasteiger partial charge is 0.317 e. The lowest BCUT2D eigenvalue weighted by molar-refractivity contribution is -0.149. The van der Waals surface area contributed by atoms with Crippen LogP contribution in [0.3, 0.4) is 0 Å². The van der Waals surface area contributed by atoms with Gasteiger partial charge in [0.05, 0.1) is 19.6 Å². The molecule has 0 spiro atoms. The van der Waals surface area contributed by atoms with E-state index in [2.05, 4.69) is 0 Å². The highest BCUT2D eigenvalue weighted by atomic mass is 16.4. The van der Waals surface area contributed by atoms with E-state index in [0.29, 0.717) is 13.0 Å². The van der Waals surface area contributed by atoms with Gasteiger partial charge >= 0.3 is 23.9 Å². The molecule has 1 fully saturated rings. The second kappa shape index (κ2) is 9.65. The molecule has 1 saturated heterocycles. The van der Waals surface area contributed by atoms with Crippen molar-refractivity contribution in [2.24, 2.45) is 11.8 Å². The van der Waals surface area contributed by atoms with Gasteiger partial charge in [-0.3, -0.25) is 29.0 Å². The number of likely N-dealkylation sites (tertiary alicyclic amines) is 1. The Bertz CT molecular complexity index is 565. The summed E-state index contributed by atoms with van der Waals surface area (Å²) in [6.07, 6.45) is 0.764. The highest BCUT2D eigenvalue weighted by Gasteiger charge is 2.41. The van der Waals surface area contributed by atoms with Crippen LogP contribution in [0, 0.1) is 11.8 Å². The Hall–Kier alpha value is -2.20. The van der Waals surface area contributed by atoms with Gasteiger partial charge in [-0.1, -0.05) is 6.92 Å². The van der Waals surface area contributed by atoms with Gasteiger partial charge in [0.25, 0.3) is 0 Å². The van der Waals surface area contributed by atoms with Crippen LogP contribution < -0.4 is 0 Å². The van der Waals surface area contributed by atoms with Crippen LogP contribution in [0.15, 0.2) is 0 Å². The maximum Gasteiger partial charge on any atom is 0.317 e. The quantitative estimate of drug-likeness (QED) is 0.428. The molecule has 1 aliphatic heterocycles. The number of hydrogen-bond acceptors (Lipinski definition) is 6. The fourth-order valence-electron chi connectivity index (χ4n) is 3.83. The SMILES string of the molecule is CC1CCN(CC(=O)O)CC(C)(N(CC(=O)O)CC(=O)O)CC1CC(=O)O. The summed E-state index contributed by atoms with van der Waals surface area (Å²) in [4.78, 5) is 47.9. The summed E-state index contributed by atoms with van der Waals surface area (Å²) in [5.41, 5.74) is -0.999. The molecule has 0 aliphatic carbocycles. The van der Waals surface area contributed by atoms with Gasteiger partial charge in [0.15, 0.2) is 0 Å². The second-order valence-electron chi connectivity index (χ2n) is 7.57. The number of carboxylic acids is 4. The molecule has 0 aromatic carbocycles. The number of nitrogens with zero attached hydrogens (tertiary/aromatic N) is 2. The predicted octanol–water partition coefficient (Wildman–Crippen LogP) is 0.124. The zero-order valence-corrected chi connectivity index (χ0v) is 15.6. The average Bonchev–Trinajstić information content (AvgIpc) is 2.48. The molecule has 10 heteroatoms. The van der Waals surface area contributed by atoms with E-state index in [1.807, 2.05) is 6.92 Å². The van der Waals surface area contributed by atoms with Gasteiger partial charge in [0, 0.05) is 18.5 Å². The van der Waals surface area contributed by atoms with Crippen LogP contribution in [0.5, 0.6) is 0 Å². The van der Waals surface area contributed by atoms with Crippen LogP contribution in [-0.4, -0.2) is 92.4 Å². The largest absolute Gasteiger partial charge is 0.481 e. The lowest BCUT2D eigenvalue weighted by Gasteiger charge is -2.47. The zero-order chi connectivity index (χ0) is 20.8. The average molecular weight is 388 g/mol. The van der Waals surface area contributed by atoms with E-state index in [-0.39, 0.29) is 37.8 Å². The van der Waals surface area contributed by atoms with Crippen molar-refractivity contribution in [1.82, 2.24) is 9.80 Å². The molecule has 154 valence electrons. The molecule has 27 heavy (non-hydrogen) atoms. The monoisotopic (exact) mass is 388 g/mol. The first kappa shape index (κ1) is 22.8. The molecule has 1 aliphatic rings. The highest BCUT2D eigenvalue weighted by Crippen LogP contribution is 2.35. The lowest BCUT2D eigenvalue weighted by atomic mass is 9.76. The molecule has 1 heterocycles. The lowest BCUT2D eigenvalue weighted by Crippen LogP contribution is -2.59. The van der Waals surface area contributed by atoms with Crippen LogP contribution in [-0.2, 0) is 19.2 Å². The maximum absolute atomic E-state index is 11.3. The minimum Gasteiger partial charge on any atom is -0.481 e. The van der Waals surface area contributed by atoms with Crippen molar-refractivity contribution in [2.75, 3.05) is 32.7 Å². The van der Waals surface area contributed by atoms with E-state index in [1.54, 1.807) is 11.8 Å². The van der Waals surface area contributed by atoms with Crippen molar-refractivity contribution in [3.8, 4) is 0 Å². The summed E-state index contributed by atoms with van der Waals surface area (Å²) < 4.78 is 0. The predicted molar refractivity (Wildman–Crippen MR) is 93.5 cm³/mol. The van der Waals surface area contributed by atoms with Crippen molar-refractivity contribution in [3.63, 3.8) is 0 Å². The Morgan fingerprint density at radius 2 is 1.56 bits per heavy atom. The van der Waals surface area contributed by atoms with Crippen LogP contribution in [0.2, 0.25) is 0 Å². The Kier molecular flexibility index (Phi) is 8.17. The molecule has 1 rings (SSSR count). The molecule has 10 nitrogen and oxygen atoms in total. The summed E-state index contributed by atoms with van der Waals surface area (Å²) in [6, 6.07) is 0. The van der Waals surface area contributed by atoms with Gasteiger partial charge in [0.1, 0.15) is 0 Å². The second-order valence-corrected chi connectivity index (χ2v) is 7.57. The Morgan fingerprint density at radius 1 is 1.00 bits per heavy atom. The normalized spacial score (nSPS) is 26.9. The number of carbonyl (C=O) groups is 4. The van der Waals surface area contributed by atoms with Crippen molar-refractivity contribution < 1.29 is 39.6 Å². The van der Waals surface area contributed by atoms with Gasteiger partial charge < -0.3 is 20.4 Å². The highest BCUT2D eigenvalue weighted by molar-refractivity contribution is 5.73. The van der Waals surface area contributed by atoms with Crippen LogP contribution >= 0.6 is 0 Å². The summed E-state index contributed by atoms with van der Waals surface area (Å²) in [6.45, 7) is 2.81. The summed E-state index contributed by atoms with van der Waals surface area (Å²) in [7, 11) is 0. The molecular weight excluding hydrogens is 360 g/mol. The van der Waals surface area contributed by atoms with Gasteiger partial charge in [-0.2, -0.15) is 0 Å². The van der Waals surface area contributed by atoms with Crippen LogP contribution in [0.1, 0.15) is 33.1 Å². The zero-order valence-electron chi connectivity index (χ0n) is 15.6. The standard InChI is InChI=1S/C17H28N2O8/c1-11-3-4-18(7-14(22)23)10-17(2,6-12(11)5-13(20)21)19(8-15(24)25)9-16(26)27/h11-12H,3-10H2,1-2H3,(H,20,21)(H,22,23)(H,24,25)(H,26,27). The molecule has 0 aromatic rings. The van der Waals surface area contributed by atoms with E-state index < -0.39 is 42.5 Å². The summed E-state index contributed by atoms with van der Waals surface area (Å²) >= 11 is 0. The molecule has 3 atom stereocenters. The first-order valence-electron chi connectivity index (χ1n) is 8.77. The minimum atomic E-state index is -1.20. The Morgan fingerprint density at radius 3 is 2.00 bits per heavy atom. The van der Waals surface area contributed by atoms with Crippen molar-refractivity contribution in [2.45, 2.75) is 38.6 Å². The van der Waals surface area contributed by atoms with Crippen molar-refractivity contribution in [1.29, 1.82) is 0 Å². The maximum atomic E-state index is 11.3. The van der Waals surface area contributed by atoms with Gasteiger partial charge in [0.2, 0.25) is 0 Å². The van der Waals surface area contributed by atoms with Gasteiger partial charge in [-0.05, 0) is 38.1 Å². The summed E-state index contributed by atoms with van der Waals surface area (Å²) in [5.74, 6) is -4.71. The minimum absolute atomic E-state index is 0.0338. The molecule has 0 amide bonds. The number of carboxylic acid groups (broad SMARTS) is 4. The Balaban J connectivity index is 3.25. The van der Waals surface area contributed by atoms with E-state index in [4.69, 9.17) is 5.11 Å². The molecule has 0 radical (unpaired) electrons. The third kappa shape index (κ3) is 7.51. The van der Waals surface area contributed by atoms with E-state index in [0.717, 1.165) is 0 Å². The third-order valence-electron chi connectivity index (χ3n) is 5.18. The molecule has 0 aromatic heterocycles. The fourth-order valence-corrected chi connectivity index (χ4v) is 3.83. The van der Waals surface area contributed by atoms with Crippen molar-refractivity contribution in [3.05, 3.63) is 0 Å². The van der Waals surface area contributed by atoms with Gasteiger partial charge in [-0.15, -0.1) is 0 Å². The number of hydrogen-bond donors (Lipinski definition) is 4. The molecule has 0 saturated carbocycles. The van der Waals surface area contributed by atoms with Crippen LogP contribution in [0.4, 0.5) is 0 Å². The number of aliphatic carboxylic acids is 4. The third-order valence-corrected chi connectivity index (χ3v) is 5.18. The topological polar surface area (TPSA) is 156 Å². The molecule has 4 N–H and O–H groups in total. The molecular formula is C17H28N2O8. The van der Waals surface area contributed by atoms with E-state index >= 15 is 0 Å². The van der Waals surface area contributed by atoms with Crippen molar-refractivity contribution >= 4 is 23.9 Å². The van der Waals surface area contributed by atoms with Gasteiger partial charge in [-0.25, -0.2) is 0 Å². The number of rotatable bonds is 9. The first-order chi connectivity index (χ1) is 12.4. The fraction of sp³-hybridized carbons (Fsp3) is 0.765. The molecule has 3 unspecified atom stereocenters.